The zero-order valence-electron chi connectivity index (χ0n) is 11.4. The van der Waals surface area contributed by atoms with Crippen LogP contribution in [0.4, 0.5) is 14.9 Å². The highest BCUT2D eigenvalue weighted by Gasteiger charge is 2.16. The van der Waals surface area contributed by atoms with Gasteiger partial charge in [0.15, 0.2) is 0 Å². The fraction of sp³-hybridized carbons (Fsp3) is 0.429. The summed E-state index contributed by atoms with van der Waals surface area (Å²) in [7, 11) is 0. The van der Waals surface area contributed by atoms with Crippen LogP contribution in [0.5, 0.6) is 0 Å². The number of hydrogen-bond donors (Lipinski definition) is 3. The number of carboxylic acids is 1. The summed E-state index contributed by atoms with van der Waals surface area (Å²) >= 11 is 0. The van der Waals surface area contributed by atoms with Crippen LogP contribution >= 0.6 is 0 Å². The van der Waals surface area contributed by atoms with E-state index in [1.165, 1.54) is 0 Å². The lowest BCUT2D eigenvalue weighted by Crippen LogP contribution is -2.31. The fourth-order valence-corrected chi connectivity index (χ4v) is 2.12. The first kappa shape index (κ1) is 15.2. The van der Waals surface area contributed by atoms with Gasteiger partial charge in [-0.3, -0.25) is 0 Å². The Morgan fingerprint density at radius 2 is 2.24 bits per heavy atom. The van der Waals surface area contributed by atoms with Crippen molar-refractivity contribution >= 4 is 17.7 Å². The molecule has 0 aromatic heterocycles. The first-order chi connectivity index (χ1) is 10.1. The molecule has 0 spiro atoms. The summed E-state index contributed by atoms with van der Waals surface area (Å²) in [6.07, 6.45) is 1.78. The number of anilines is 1. The number of halogens is 1. The summed E-state index contributed by atoms with van der Waals surface area (Å²) < 4.78 is 18.7. The van der Waals surface area contributed by atoms with Crippen molar-refractivity contribution in [1.82, 2.24) is 5.32 Å². The van der Waals surface area contributed by atoms with Crippen molar-refractivity contribution in [2.24, 2.45) is 5.92 Å². The average Bonchev–Trinajstić information content (AvgIpc) is 2.94. The van der Waals surface area contributed by atoms with Gasteiger partial charge in [-0.1, -0.05) is 0 Å². The summed E-state index contributed by atoms with van der Waals surface area (Å²) in [6.45, 7) is 1.92. The van der Waals surface area contributed by atoms with Crippen molar-refractivity contribution in [3.8, 4) is 0 Å². The summed E-state index contributed by atoms with van der Waals surface area (Å²) in [5.41, 5.74) is -0.244. The minimum absolute atomic E-state index is 0.0881. The highest BCUT2D eigenvalue weighted by molar-refractivity contribution is 5.93. The molecule has 6 nitrogen and oxygen atoms in total. The molecule has 2 amide bonds. The molecule has 1 heterocycles. The molecule has 3 N–H and O–H groups in total. The van der Waals surface area contributed by atoms with Gasteiger partial charge in [0.1, 0.15) is 5.82 Å². The van der Waals surface area contributed by atoms with E-state index in [9.17, 15) is 14.0 Å². The second kappa shape index (κ2) is 7.03. The average molecular weight is 296 g/mol. The molecular weight excluding hydrogens is 279 g/mol. The lowest BCUT2D eigenvalue weighted by molar-refractivity contribution is 0.0697. The van der Waals surface area contributed by atoms with Gasteiger partial charge in [0.05, 0.1) is 11.3 Å². The summed E-state index contributed by atoms with van der Waals surface area (Å²) in [4.78, 5) is 22.5. The molecule has 7 heteroatoms. The van der Waals surface area contributed by atoms with Gasteiger partial charge in [-0.2, -0.15) is 0 Å². The number of urea groups is 1. The van der Waals surface area contributed by atoms with E-state index in [1.54, 1.807) is 0 Å². The maximum absolute atomic E-state index is 13.5. The van der Waals surface area contributed by atoms with Crippen LogP contribution in [0.2, 0.25) is 0 Å². The molecule has 0 aliphatic carbocycles. The molecule has 2 rings (SSSR count). The maximum Gasteiger partial charge on any atom is 0.335 e. The van der Waals surface area contributed by atoms with E-state index in [0.29, 0.717) is 19.1 Å². The number of aromatic carboxylic acids is 1. The summed E-state index contributed by atoms with van der Waals surface area (Å²) in [5.74, 6) is -1.42. The van der Waals surface area contributed by atoms with Gasteiger partial charge in [-0.25, -0.2) is 14.0 Å². The molecule has 1 atom stereocenters. The van der Waals surface area contributed by atoms with Crippen LogP contribution in [0.3, 0.4) is 0 Å². The summed E-state index contributed by atoms with van der Waals surface area (Å²) in [5, 5.41) is 13.8. The first-order valence-electron chi connectivity index (χ1n) is 6.71. The van der Waals surface area contributed by atoms with Crippen molar-refractivity contribution in [2.45, 2.75) is 12.8 Å². The number of amides is 2. The van der Waals surface area contributed by atoms with Crippen molar-refractivity contribution < 1.29 is 23.8 Å². The fourth-order valence-electron chi connectivity index (χ4n) is 2.12. The van der Waals surface area contributed by atoms with Crippen molar-refractivity contribution in [3.63, 3.8) is 0 Å². The van der Waals surface area contributed by atoms with Crippen LogP contribution in [0, 0.1) is 11.7 Å². The van der Waals surface area contributed by atoms with Gasteiger partial charge < -0.3 is 20.5 Å². The normalized spacial score (nSPS) is 17.5. The molecule has 0 saturated carbocycles. The standard InChI is InChI=1S/C14H17FN2O4/c15-11-2-1-10(13(18)19)7-12(11)17-14(20)16-5-3-9-4-6-21-8-9/h1-2,7,9H,3-6,8H2,(H,18,19)(H2,16,17,20). The smallest absolute Gasteiger partial charge is 0.335 e. The molecule has 0 bridgehead atoms. The van der Waals surface area contributed by atoms with Crippen molar-refractivity contribution in [2.75, 3.05) is 25.1 Å². The highest BCUT2D eigenvalue weighted by atomic mass is 19.1. The number of carbonyl (C=O) groups excluding carboxylic acids is 1. The molecule has 1 aromatic carbocycles. The predicted molar refractivity (Wildman–Crippen MR) is 73.9 cm³/mol. The van der Waals surface area contributed by atoms with Crippen LogP contribution in [0.15, 0.2) is 18.2 Å². The van der Waals surface area contributed by atoms with Crippen LogP contribution in [0.1, 0.15) is 23.2 Å². The monoisotopic (exact) mass is 296 g/mol. The quantitative estimate of drug-likeness (QED) is 0.776. The minimum atomic E-state index is -1.18. The Hall–Kier alpha value is -2.15. The third-order valence-corrected chi connectivity index (χ3v) is 3.32. The van der Waals surface area contributed by atoms with Crippen molar-refractivity contribution in [1.29, 1.82) is 0 Å². The first-order valence-corrected chi connectivity index (χ1v) is 6.71. The van der Waals surface area contributed by atoms with Crippen LogP contribution < -0.4 is 10.6 Å². The summed E-state index contributed by atoms with van der Waals surface area (Å²) in [6, 6.07) is 2.67. The third kappa shape index (κ3) is 4.42. The van der Waals surface area contributed by atoms with E-state index in [1.807, 2.05) is 0 Å². The Kier molecular flexibility index (Phi) is 5.10. The van der Waals surface area contributed by atoms with Crippen LogP contribution in [0.25, 0.3) is 0 Å². The molecule has 1 aliphatic heterocycles. The lowest BCUT2D eigenvalue weighted by atomic mass is 10.1. The minimum Gasteiger partial charge on any atom is -0.478 e. The van der Waals surface area contributed by atoms with Gasteiger partial charge in [0.2, 0.25) is 0 Å². The van der Waals surface area contributed by atoms with E-state index in [4.69, 9.17) is 9.84 Å². The SMILES string of the molecule is O=C(NCCC1CCOC1)Nc1cc(C(=O)O)ccc1F. The number of nitrogens with one attached hydrogen (secondary N) is 2. The van der Waals surface area contributed by atoms with Crippen LogP contribution in [-0.4, -0.2) is 36.9 Å². The second-order valence-electron chi connectivity index (χ2n) is 4.90. The second-order valence-corrected chi connectivity index (χ2v) is 4.90. The zero-order valence-corrected chi connectivity index (χ0v) is 11.4. The number of ether oxygens (including phenoxy) is 1. The number of hydrogen-bond acceptors (Lipinski definition) is 3. The number of benzene rings is 1. The van der Waals surface area contributed by atoms with Gasteiger partial charge in [0, 0.05) is 19.8 Å². The Balaban J connectivity index is 1.84. The van der Waals surface area contributed by atoms with Gasteiger partial charge in [-0.05, 0) is 37.0 Å². The Bertz CT molecular complexity index is 530. The van der Waals surface area contributed by atoms with E-state index in [2.05, 4.69) is 10.6 Å². The molecule has 1 unspecified atom stereocenters. The molecule has 1 saturated heterocycles. The van der Waals surface area contributed by atoms with E-state index >= 15 is 0 Å². The molecule has 1 aromatic rings. The topological polar surface area (TPSA) is 87.7 Å². The van der Waals surface area contributed by atoms with Crippen LogP contribution in [-0.2, 0) is 4.74 Å². The molecule has 0 radical (unpaired) electrons. The predicted octanol–water partition coefficient (Wildman–Crippen LogP) is 2.07. The van der Waals surface area contributed by atoms with E-state index in [0.717, 1.165) is 37.6 Å². The Labute approximate surface area is 121 Å². The lowest BCUT2D eigenvalue weighted by Gasteiger charge is -2.11. The third-order valence-electron chi connectivity index (χ3n) is 3.32. The molecule has 21 heavy (non-hydrogen) atoms. The largest absolute Gasteiger partial charge is 0.478 e. The number of rotatable bonds is 5. The Morgan fingerprint density at radius 1 is 1.43 bits per heavy atom. The van der Waals surface area contributed by atoms with E-state index in [-0.39, 0.29) is 11.3 Å². The number of carboxylic acid groups (broad SMARTS) is 1. The van der Waals surface area contributed by atoms with E-state index < -0.39 is 17.8 Å². The van der Waals surface area contributed by atoms with Gasteiger partial charge in [0.25, 0.3) is 0 Å². The van der Waals surface area contributed by atoms with Gasteiger partial charge >= 0.3 is 12.0 Å². The Morgan fingerprint density at radius 3 is 2.90 bits per heavy atom. The molecule has 114 valence electrons. The molecule has 1 aliphatic rings. The molecule has 1 fully saturated rings. The van der Waals surface area contributed by atoms with Gasteiger partial charge in [-0.15, -0.1) is 0 Å². The van der Waals surface area contributed by atoms with Crippen molar-refractivity contribution in [3.05, 3.63) is 29.6 Å². The molecular formula is C14H17FN2O4. The maximum atomic E-state index is 13.5. The zero-order chi connectivity index (χ0) is 15.2. The highest BCUT2D eigenvalue weighted by Crippen LogP contribution is 2.17. The number of carbonyl (C=O) groups is 2.